The molecular weight excluding hydrogens is 372 g/mol. The van der Waals surface area contributed by atoms with Crippen LogP contribution in [-0.4, -0.2) is 20.9 Å². The lowest BCUT2D eigenvalue weighted by molar-refractivity contribution is -0.130. The van der Waals surface area contributed by atoms with Crippen LogP contribution in [0.3, 0.4) is 0 Å². The van der Waals surface area contributed by atoms with Crippen molar-refractivity contribution in [3.63, 3.8) is 0 Å². The summed E-state index contributed by atoms with van der Waals surface area (Å²) in [6.45, 7) is 2.36. The van der Waals surface area contributed by atoms with Crippen LogP contribution in [0.4, 0.5) is 0 Å². The maximum Gasteiger partial charge on any atom is 0.290 e. The molecule has 2 aromatic carbocycles. The normalized spacial score (nSPS) is 16.7. The first-order chi connectivity index (χ1) is 13.5. The number of pyridine rings is 1. The van der Waals surface area contributed by atoms with E-state index in [1.165, 1.54) is 0 Å². The first-order valence-electron chi connectivity index (χ1n) is 9.00. The second kappa shape index (κ2) is 7.49. The molecule has 1 atom stereocenters. The number of amides is 1. The zero-order valence-electron chi connectivity index (χ0n) is 15.3. The Balaban J connectivity index is 1.83. The van der Waals surface area contributed by atoms with E-state index in [-0.39, 0.29) is 5.76 Å². The zero-order chi connectivity index (χ0) is 19.7. The van der Waals surface area contributed by atoms with Gasteiger partial charge < -0.3 is 10.0 Å². The molecule has 1 aliphatic rings. The number of aliphatic hydroxyl groups is 1. The lowest BCUT2D eigenvalue weighted by Crippen LogP contribution is -2.29. The average molecular weight is 391 g/mol. The zero-order valence-corrected chi connectivity index (χ0v) is 16.1. The van der Waals surface area contributed by atoms with Gasteiger partial charge >= 0.3 is 0 Å². The van der Waals surface area contributed by atoms with Gasteiger partial charge in [-0.3, -0.25) is 9.78 Å². The number of halogens is 1. The van der Waals surface area contributed by atoms with E-state index in [0.717, 1.165) is 22.3 Å². The molecule has 1 aliphatic heterocycles. The Morgan fingerprint density at radius 3 is 2.46 bits per heavy atom. The molecule has 2 heterocycles. The van der Waals surface area contributed by atoms with Gasteiger partial charge in [-0.1, -0.05) is 53.6 Å². The fourth-order valence-corrected chi connectivity index (χ4v) is 3.75. The van der Waals surface area contributed by atoms with Gasteiger partial charge in [-0.05, 0) is 47.9 Å². The molecule has 3 aromatic rings. The summed E-state index contributed by atoms with van der Waals surface area (Å²) in [5, 5.41) is 11.4. The van der Waals surface area contributed by atoms with Crippen molar-refractivity contribution in [3.8, 4) is 0 Å². The molecular formula is C23H19ClN2O2. The lowest BCUT2D eigenvalue weighted by Gasteiger charge is -2.27. The Kier molecular flexibility index (Phi) is 4.88. The molecule has 1 amide bonds. The second-order valence-corrected chi connectivity index (χ2v) is 7.31. The minimum atomic E-state index is -0.429. The Labute approximate surface area is 168 Å². The van der Waals surface area contributed by atoms with Crippen LogP contribution >= 0.6 is 11.6 Å². The summed E-state index contributed by atoms with van der Waals surface area (Å²) < 4.78 is 0. The SMILES string of the molecule is Cc1ccc(C2=C(O)C(=O)N(Cc3ccncc3)C2c2cccc(Cl)c2)cc1. The maximum absolute atomic E-state index is 13.0. The minimum absolute atomic E-state index is 0.220. The molecule has 0 fully saturated rings. The van der Waals surface area contributed by atoms with Gasteiger partial charge in [0.15, 0.2) is 5.76 Å². The number of hydrogen-bond donors (Lipinski definition) is 1. The topological polar surface area (TPSA) is 53.4 Å². The van der Waals surface area contributed by atoms with Gasteiger partial charge in [0.1, 0.15) is 0 Å². The number of aryl methyl sites for hydroxylation is 1. The van der Waals surface area contributed by atoms with Crippen molar-refractivity contribution in [1.82, 2.24) is 9.88 Å². The predicted octanol–water partition coefficient (Wildman–Crippen LogP) is 5.10. The van der Waals surface area contributed by atoms with E-state index in [0.29, 0.717) is 17.1 Å². The highest BCUT2D eigenvalue weighted by molar-refractivity contribution is 6.30. The third kappa shape index (κ3) is 3.39. The molecule has 0 aliphatic carbocycles. The van der Waals surface area contributed by atoms with E-state index in [1.807, 2.05) is 61.5 Å². The van der Waals surface area contributed by atoms with Crippen molar-refractivity contribution in [2.24, 2.45) is 0 Å². The smallest absolute Gasteiger partial charge is 0.290 e. The molecule has 28 heavy (non-hydrogen) atoms. The summed E-state index contributed by atoms with van der Waals surface area (Å²) >= 11 is 6.23. The van der Waals surface area contributed by atoms with Gasteiger partial charge in [0.25, 0.3) is 5.91 Å². The molecule has 1 unspecified atom stereocenters. The molecule has 0 saturated carbocycles. The van der Waals surface area contributed by atoms with E-state index < -0.39 is 11.9 Å². The van der Waals surface area contributed by atoms with Crippen LogP contribution in [0.25, 0.3) is 5.57 Å². The molecule has 0 spiro atoms. The van der Waals surface area contributed by atoms with E-state index in [1.54, 1.807) is 23.4 Å². The minimum Gasteiger partial charge on any atom is -0.503 e. The molecule has 1 N–H and O–H groups in total. The fraction of sp³-hybridized carbons (Fsp3) is 0.130. The largest absolute Gasteiger partial charge is 0.503 e. The highest BCUT2D eigenvalue weighted by atomic mass is 35.5. The molecule has 0 bridgehead atoms. The number of carbonyl (C=O) groups excluding carboxylic acids is 1. The average Bonchev–Trinajstić information content (AvgIpc) is 2.94. The van der Waals surface area contributed by atoms with Crippen molar-refractivity contribution in [3.05, 3.63) is 106 Å². The Morgan fingerprint density at radius 2 is 1.79 bits per heavy atom. The lowest BCUT2D eigenvalue weighted by atomic mass is 9.93. The van der Waals surface area contributed by atoms with Crippen LogP contribution < -0.4 is 0 Å². The first kappa shape index (κ1) is 18.3. The van der Waals surface area contributed by atoms with Crippen molar-refractivity contribution < 1.29 is 9.90 Å². The monoisotopic (exact) mass is 390 g/mol. The Morgan fingerprint density at radius 1 is 1.07 bits per heavy atom. The van der Waals surface area contributed by atoms with Crippen LogP contribution in [-0.2, 0) is 11.3 Å². The van der Waals surface area contributed by atoms with Crippen LogP contribution in [0.5, 0.6) is 0 Å². The third-order valence-electron chi connectivity index (χ3n) is 4.93. The molecule has 0 saturated heterocycles. The number of benzene rings is 2. The number of aliphatic hydroxyl groups excluding tert-OH is 1. The number of hydrogen-bond acceptors (Lipinski definition) is 3. The summed E-state index contributed by atoms with van der Waals surface area (Å²) in [7, 11) is 0. The number of aromatic nitrogens is 1. The highest BCUT2D eigenvalue weighted by Gasteiger charge is 2.41. The first-order valence-corrected chi connectivity index (χ1v) is 9.38. The van der Waals surface area contributed by atoms with E-state index in [4.69, 9.17) is 11.6 Å². The summed E-state index contributed by atoms with van der Waals surface area (Å²) in [6.07, 6.45) is 3.39. The standard InChI is InChI=1S/C23H19ClN2O2/c1-15-5-7-17(8-6-15)20-21(18-3-2-4-19(24)13-18)26(23(28)22(20)27)14-16-9-11-25-12-10-16/h2-13,21,27H,14H2,1H3. The van der Waals surface area contributed by atoms with Gasteiger partial charge in [-0.2, -0.15) is 0 Å². The fourth-order valence-electron chi connectivity index (χ4n) is 3.55. The number of carbonyl (C=O) groups is 1. The summed E-state index contributed by atoms with van der Waals surface area (Å²) in [4.78, 5) is 18.7. The van der Waals surface area contributed by atoms with Gasteiger partial charge in [-0.25, -0.2) is 0 Å². The molecule has 140 valence electrons. The number of rotatable bonds is 4. The summed E-state index contributed by atoms with van der Waals surface area (Å²) in [6, 6.07) is 18.5. The van der Waals surface area contributed by atoms with E-state index in [9.17, 15) is 9.90 Å². The van der Waals surface area contributed by atoms with Gasteiger partial charge in [0, 0.05) is 29.5 Å². The van der Waals surface area contributed by atoms with Gasteiger partial charge in [0.2, 0.25) is 0 Å². The predicted molar refractivity (Wildman–Crippen MR) is 110 cm³/mol. The van der Waals surface area contributed by atoms with Crippen LogP contribution in [0, 0.1) is 6.92 Å². The maximum atomic E-state index is 13.0. The molecule has 4 rings (SSSR count). The molecule has 4 nitrogen and oxygen atoms in total. The number of nitrogens with zero attached hydrogens (tertiary/aromatic N) is 2. The van der Waals surface area contributed by atoms with Crippen LogP contribution in [0.2, 0.25) is 5.02 Å². The molecule has 0 radical (unpaired) electrons. The quantitative estimate of drug-likeness (QED) is 0.674. The molecule has 5 heteroatoms. The van der Waals surface area contributed by atoms with Crippen molar-refractivity contribution in [1.29, 1.82) is 0 Å². The Bertz CT molecular complexity index is 1050. The van der Waals surface area contributed by atoms with Crippen molar-refractivity contribution >= 4 is 23.1 Å². The van der Waals surface area contributed by atoms with Gasteiger partial charge in [0.05, 0.1) is 6.04 Å². The van der Waals surface area contributed by atoms with Gasteiger partial charge in [-0.15, -0.1) is 0 Å². The highest BCUT2D eigenvalue weighted by Crippen LogP contribution is 2.44. The van der Waals surface area contributed by atoms with E-state index >= 15 is 0 Å². The summed E-state index contributed by atoms with van der Waals surface area (Å²) in [5.41, 5.74) is 4.32. The van der Waals surface area contributed by atoms with E-state index in [2.05, 4.69) is 4.98 Å². The summed E-state index contributed by atoms with van der Waals surface area (Å²) in [5.74, 6) is -0.611. The molecule has 1 aromatic heterocycles. The van der Waals surface area contributed by atoms with Crippen molar-refractivity contribution in [2.45, 2.75) is 19.5 Å². The third-order valence-corrected chi connectivity index (χ3v) is 5.17. The van der Waals surface area contributed by atoms with Crippen LogP contribution in [0.1, 0.15) is 28.3 Å². The van der Waals surface area contributed by atoms with Crippen molar-refractivity contribution in [2.75, 3.05) is 0 Å². The van der Waals surface area contributed by atoms with Crippen LogP contribution in [0.15, 0.2) is 78.8 Å². The second-order valence-electron chi connectivity index (χ2n) is 6.87. The Hall–Kier alpha value is -3.11.